The summed E-state index contributed by atoms with van der Waals surface area (Å²) in [7, 11) is 1.87. The molecule has 6 heteroatoms. The molecule has 0 bridgehead atoms. The highest BCUT2D eigenvalue weighted by molar-refractivity contribution is 5.74. The molecular weight excluding hydrogens is 402 g/mol. The zero-order chi connectivity index (χ0) is 22.9. The Bertz CT molecular complexity index is 678. The highest BCUT2D eigenvalue weighted by Gasteiger charge is 2.34. The van der Waals surface area contributed by atoms with E-state index in [2.05, 4.69) is 29.7 Å². The summed E-state index contributed by atoms with van der Waals surface area (Å²) in [5.74, 6) is 0.484. The van der Waals surface area contributed by atoms with Gasteiger partial charge in [0.15, 0.2) is 0 Å². The van der Waals surface area contributed by atoms with Gasteiger partial charge in [0.2, 0.25) is 0 Å². The summed E-state index contributed by atoms with van der Waals surface area (Å²) >= 11 is 0. The van der Waals surface area contributed by atoms with Crippen LogP contribution in [0.4, 0.5) is 4.79 Å². The summed E-state index contributed by atoms with van der Waals surface area (Å²) in [6.07, 6.45) is 6.90. The predicted octanol–water partition coefficient (Wildman–Crippen LogP) is 3.92. The molecule has 1 saturated carbocycles. The molecule has 5 atom stereocenters. The lowest BCUT2D eigenvalue weighted by Crippen LogP contribution is -2.56. The van der Waals surface area contributed by atoms with Crippen molar-refractivity contribution in [1.29, 1.82) is 0 Å². The van der Waals surface area contributed by atoms with Gasteiger partial charge in [-0.2, -0.15) is 0 Å². The molecule has 2 aliphatic rings. The maximum absolute atomic E-state index is 13.2. The monoisotopic (exact) mass is 444 g/mol. The Morgan fingerprint density at radius 2 is 1.84 bits per heavy atom. The minimum Gasteiger partial charge on any atom is -0.391 e. The Labute approximate surface area is 194 Å². The minimum absolute atomic E-state index is 0.0831. The van der Waals surface area contributed by atoms with E-state index in [9.17, 15) is 9.90 Å². The van der Waals surface area contributed by atoms with Gasteiger partial charge in [-0.1, -0.05) is 49.6 Å². The number of nitrogens with zero attached hydrogens (tertiary/aromatic N) is 1. The van der Waals surface area contributed by atoms with Gasteiger partial charge < -0.3 is 25.4 Å². The number of likely N-dealkylation sites (N-methyl/N-ethyl adjacent to an activating group) is 1. The van der Waals surface area contributed by atoms with E-state index in [0.29, 0.717) is 13.1 Å². The van der Waals surface area contributed by atoms with Crippen LogP contribution in [0.3, 0.4) is 0 Å². The Morgan fingerprint density at radius 3 is 2.50 bits per heavy atom. The molecule has 0 spiro atoms. The van der Waals surface area contributed by atoms with Gasteiger partial charge in [0.25, 0.3) is 0 Å². The number of hydrogen-bond acceptors (Lipinski definition) is 4. The van der Waals surface area contributed by atoms with E-state index in [4.69, 9.17) is 4.74 Å². The zero-order valence-corrected chi connectivity index (χ0v) is 19.8. The second kappa shape index (κ2) is 12.6. The molecule has 2 fully saturated rings. The first-order chi connectivity index (χ1) is 15.5. The third kappa shape index (κ3) is 6.93. The lowest BCUT2D eigenvalue weighted by atomic mass is 9.82. The second-order valence-corrected chi connectivity index (χ2v) is 9.63. The maximum Gasteiger partial charge on any atom is 0.317 e. The number of urea groups is 1. The van der Waals surface area contributed by atoms with Crippen LogP contribution in [0, 0.1) is 18.8 Å². The van der Waals surface area contributed by atoms with Crippen molar-refractivity contribution in [2.75, 3.05) is 26.7 Å². The molecule has 3 N–H and O–H groups in total. The van der Waals surface area contributed by atoms with Crippen molar-refractivity contribution in [2.24, 2.45) is 11.8 Å². The molecule has 32 heavy (non-hydrogen) atoms. The molecule has 6 nitrogen and oxygen atoms in total. The minimum atomic E-state index is -0.514. The van der Waals surface area contributed by atoms with E-state index in [-0.39, 0.29) is 36.1 Å². The number of aliphatic hydroxyl groups excluding tert-OH is 1. The maximum atomic E-state index is 13.2. The number of rotatable bonds is 9. The van der Waals surface area contributed by atoms with Crippen LogP contribution in [0.25, 0.3) is 0 Å². The van der Waals surface area contributed by atoms with Crippen LogP contribution < -0.4 is 10.6 Å². The highest BCUT2D eigenvalue weighted by atomic mass is 16.5. The van der Waals surface area contributed by atoms with Crippen molar-refractivity contribution in [3.05, 3.63) is 42.8 Å². The molecule has 2 unspecified atom stereocenters. The summed E-state index contributed by atoms with van der Waals surface area (Å²) in [4.78, 5) is 15.1. The molecular formula is C26H42N3O3. The van der Waals surface area contributed by atoms with E-state index in [1.807, 2.05) is 37.1 Å². The molecule has 179 valence electrons. The van der Waals surface area contributed by atoms with Crippen molar-refractivity contribution in [2.45, 2.75) is 76.2 Å². The highest BCUT2D eigenvalue weighted by Crippen LogP contribution is 2.34. The smallest absolute Gasteiger partial charge is 0.317 e. The molecule has 1 saturated heterocycles. The summed E-state index contributed by atoms with van der Waals surface area (Å²) in [5, 5.41) is 17.3. The lowest BCUT2D eigenvalue weighted by Gasteiger charge is -2.39. The van der Waals surface area contributed by atoms with Gasteiger partial charge in [-0.05, 0) is 58.1 Å². The van der Waals surface area contributed by atoms with Gasteiger partial charge in [-0.25, -0.2) is 4.79 Å². The normalized spacial score (nSPS) is 23.0. The number of carbonyl (C=O) groups excluding carboxylic acids is 1. The van der Waals surface area contributed by atoms with E-state index in [1.165, 1.54) is 19.3 Å². The lowest BCUT2D eigenvalue weighted by molar-refractivity contribution is -0.0340. The molecule has 1 aromatic carbocycles. The Kier molecular flexibility index (Phi) is 9.82. The van der Waals surface area contributed by atoms with Crippen molar-refractivity contribution in [3.8, 4) is 0 Å². The quantitative estimate of drug-likeness (QED) is 0.540. The Hall–Kier alpha value is -1.63. The van der Waals surface area contributed by atoms with Crippen LogP contribution >= 0.6 is 0 Å². The van der Waals surface area contributed by atoms with Gasteiger partial charge in [0.1, 0.15) is 0 Å². The summed E-state index contributed by atoms with van der Waals surface area (Å²) in [6, 6.07) is 9.89. The summed E-state index contributed by atoms with van der Waals surface area (Å²) in [5.41, 5.74) is 1.14. The number of ether oxygens (including phenoxy) is 1. The largest absolute Gasteiger partial charge is 0.391 e. The Balaban J connectivity index is 1.65. The number of aliphatic hydroxyl groups is 1. The molecule has 1 aliphatic heterocycles. The average Bonchev–Trinajstić information content (AvgIpc) is 2.83. The molecule has 1 aliphatic carbocycles. The number of benzene rings is 1. The molecule has 1 heterocycles. The van der Waals surface area contributed by atoms with Gasteiger partial charge in [0.05, 0.1) is 24.4 Å². The predicted molar refractivity (Wildman–Crippen MR) is 128 cm³/mol. The Morgan fingerprint density at radius 1 is 1.16 bits per heavy atom. The molecule has 3 rings (SSSR count). The van der Waals surface area contributed by atoms with Gasteiger partial charge >= 0.3 is 6.03 Å². The van der Waals surface area contributed by atoms with Gasteiger partial charge in [0, 0.05) is 25.6 Å². The summed E-state index contributed by atoms with van der Waals surface area (Å²) < 4.78 is 6.22. The third-order valence-electron chi connectivity index (χ3n) is 6.96. The molecule has 2 amide bonds. The number of carbonyl (C=O) groups is 1. The fourth-order valence-corrected chi connectivity index (χ4v) is 5.33. The first-order valence-corrected chi connectivity index (χ1v) is 12.4. The SMILES string of the molecule is [CH2]C(C)OC(c1ccccc1)[C@@H]1CCCN(C(=O)N[C@H](CNC)[C@H](O)C2CCCCC2)C1. The van der Waals surface area contributed by atoms with Crippen LogP contribution in [0.5, 0.6) is 0 Å². The topological polar surface area (TPSA) is 73.8 Å². The van der Waals surface area contributed by atoms with Crippen LogP contribution in [0.1, 0.15) is 63.5 Å². The fourth-order valence-electron chi connectivity index (χ4n) is 5.33. The van der Waals surface area contributed by atoms with E-state index < -0.39 is 6.10 Å². The van der Waals surface area contributed by atoms with Crippen LogP contribution in [0.2, 0.25) is 0 Å². The van der Waals surface area contributed by atoms with E-state index in [1.54, 1.807) is 0 Å². The average molecular weight is 445 g/mol. The van der Waals surface area contributed by atoms with E-state index >= 15 is 0 Å². The molecule has 1 aromatic rings. The first-order valence-electron chi connectivity index (χ1n) is 12.4. The number of likely N-dealkylation sites (tertiary alicyclic amines) is 1. The number of piperidine rings is 1. The standard InChI is InChI=1S/C26H42N3O3/c1-19(2)32-25(21-13-8-5-9-14-21)22-15-10-16-29(18-22)26(31)28-23(17-27-3)24(30)20-11-6-4-7-12-20/h5,8-9,13-14,19-20,22-25,27,30H,1,4,6-7,10-12,15-18H2,2-3H3,(H,28,31)/t19?,22-,23-,24-,25?/m1/s1. The van der Waals surface area contributed by atoms with Crippen LogP contribution in [0.15, 0.2) is 30.3 Å². The number of amides is 2. The van der Waals surface area contributed by atoms with Crippen LogP contribution in [-0.4, -0.2) is 61.0 Å². The molecule has 0 aromatic heterocycles. The van der Waals surface area contributed by atoms with E-state index in [0.717, 1.165) is 37.8 Å². The van der Waals surface area contributed by atoms with Crippen molar-refractivity contribution < 1.29 is 14.6 Å². The fraction of sp³-hybridized carbons (Fsp3) is 0.692. The molecule has 1 radical (unpaired) electrons. The number of nitrogens with one attached hydrogen (secondary N) is 2. The van der Waals surface area contributed by atoms with Crippen molar-refractivity contribution in [1.82, 2.24) is 15.5 Å². The van der Waals surface area contributed by atoms with Crippen molar-refractivity contribution >= 4 is 6.03 Å². The van der Waals surface area contributed by atoms with Gasteiger partial charge in [-0.15, -0.1) is 0 Å². The first kappa shape index (κ1) is 25.0. The third-order valence-corrected chi connectivity index (χ3v) is 6.96. The van der Waals surface area contributed by atoms with Crippen LogP contribution in [-0.2, 0) is 4.74 Å². The van der Waals surface area contributed by atoms with Crippen molar-refractivity contribution in [3.63, 3.8) is 0 Å². The van der Waals surface area contributed by atoms with Gasteiger partial charge in [-0.3, -0.25) is 0 Å². The second-order valence-electron chi connectivity index (χ2n) is 9.63. The summed E-state index contributed by atoms with van der Waals surface area (Å²) in [6.45, 7) is 7.92. The number of hydrogen-bond donors (Lipinski definition) is 3. The zero-order valence-electron chi connectivity index (χ0n) is 19.8.